The molecule has 9 heteroatoms. The second-order valence-electron chi connectivity index (χ2n) is 7.15. The molecule has 0 amide bonds. The molecule has 3 rings (SSSR count). The fourth-order valence-corrected chi connectivity index (χ4v) is 2.84. The van der Waals surface area contributed by atoms with E-state index in [1.165, 1.54) is 0 Å². The average molecular weight is 523 g/mol. The van der Waals surface area contributed by atoms with Gasteiger partial charge in [0, 0.05) is 25.9 Å². The molecule has 0 aliphatic rings. The lowest BCUT2D eigenvalue weighted by Gasteiger charge is -2.20. The molecule has 30 heavy (non-hydrogen) atoms. The van der Waals surface area contributed by atoms with E-state index < -0.39 is 0 Å². The van der Waals surface area contributed by atoms with Gasteiger partial charge in [-0.3, -0.25) is 4.99 Å². The fourth-order valence-electron chi connectivity index (χ4n) is 2.84. The Morgan fingerprint density at radius 3 is 2.70 bits per heavy atom. The predicted molar refractivity (Wildman–Crippen MR) is 129 cm³/mol. The van der Waals surface area contributed by atoms with Gasteiger partial charge in [-0.25, -0.2) is 4.98 Å². The number of aromatic nitrogens is 4. The molecule has 0 fully saturated rings. The minimum absolute atomic E-state index is 0. The van der Waals surface area contributed by atoms with Crippen LogP contribution in [0.1, 0.15) is 44.2 Å². The number of hydrogen-bond acceptors (Lipinski definition) is 5. The smallest absolute Gasteiger partial charge is 0.228 e. The van der Waals surface area contributed by atoms with Gasteiger partial charge in [0.15, 0.2) is 11.8 Å². The van der Waals surface area contributed by atoms with Crippen LogP contribution in [0.25, 0.3) is 11.3 Å². The summed E-state index contributed by atoms with van der Waals surface area (Å²) in [5.41, 5.74) is 2.13. The summed E-state index contributed by atoms with van der Waals surface area (Å²) in [7, 11) is 2.00. The molecule has 0 unspecified atom stereocenters. The molecule has 2 aromatic heterocycles. The predicted octanol–water partition coefficient (Wildman–Crippen LogP) is 3.84. The molecule has 162 valence electrons. The Morgan fingerprint density at radius 2 is 2.03 bits per heavy atom. The Hall–Kier alpha value is -2.43. The molecule has 0 bridgehead atoms. The number of aliphatic imine (C=N–C) groups is 1. The highest BCUT2D eigenvalue weighted by Crippen LogP contribution is 2.16. The molecule has 0 saturated heterocycles. The summed E-state index contributed by atoms with van der Waals surface area (Å²) in [5, 5.41) is 7.31. The van der Waals surface area contributed by atoms with Crippen molar-refractivity contribution in [3.05, 3.63) is 54.1 Å². The van der Waals surface area contributed by atoms with Crippen LogP contribution in [0.4, 0.5) is 0 Å². The van der Waals surface area contributed by atoms with Gasteiger partial charge in [-0.15, -0.1) is 24.0 Å². The van der Waals surface area contributed by atoms with E-state index in [2.05, 4.69) is 49.5 Å². The number of guanidine groups is 1. The normalized spacial score (nSPS) is 11.4. The minimum Gasteiger partial charge on any atom is -0.357 e. The summed E-state index contributed by atoms with van der Waals surface area (Å²) in [5.74, 6) is 3.31. The van der Waals surface area contributed by atoms with E-state index in [0.717, 1.165) is 35.4 Å². The molecule has 2 heterocycles. The van der Waals surface area contributed by atoms with Crippen molar-refractivity contribution < 1.29 is 4.52 Å². The molecule has 8 nitrogen and oxygen atoms in total. The van der Waals surface area contributed by atoms with Crippen molar-refractivity contribution in [2.75, 3.05) is 20.1 Å². The lowest BCUT2D eigenvalue weighted by atomic mass is 10.2. The van der Waals surface area contributed by atoms with Crippen LogP contribution < -0.4 is 5.32 Å². The Kier molecular flexibility index (Phi) is 9.28. The van der Waals surface area contributed by atoms with Crippen molar-refractivity contribution in [2.24, 2.45) is 4.99 Å². The van der Waals surface area contributed by atoms with Gasteiger partial charge in [-0.1, -0.05) is 49.3 Å². The summed E-state index contributed by atoms with van der Waals surface area (Å²) >= 11 is 0. The zero-order valence-corrected chi connectivity index (χ0v) is 20.3. The quantitative estimate of drug-likeness (QED) is 0.265. The van der Waals surface area contributed by atoms with E-state index in [4.69, 9.17) is 4.52 Å². The number of nitrogens with one attached hydrogen (secondary N) is 2. The first-order valence-electron chi connectivity index (χ1n) is 9.98. The van der Waals surface area contributed by atoms with E-state index in [9.17, 15) is 0 Å². The van der Waals surface area contributed by atoms with Crippen molar-refractivity contribution in [1.82, 2.24) is 30.3 Å². The lowest BCUT2D eigenvalue weighted by Crippen LogP contribution is -2.38. The molecular weight excluding hydrogens is 493 g/mol. The SMILES string of the molecule is CCNC(=NCCc1nc(C(C)C)no1)N(C)Cc1ncc(-c2ccccc2)[nH]1.I. The third-order valence-electron chi connectivity index (χ3n) is 4.38. The molecule has 0 saturated carbocycles. The van der Waals surface area contributed by atoms with Gasteiger partial charge in [0.1, 0.15) is 5.82 Å². The molecule has 0 aliphatic heterocycles. The summed E-state index contributed by atoms with van der Waals surface area (Å²) in [6, 6.07) is 10.2. The second-order valence-corrected chi connectivity index (χ2v) is 7.15. The zero-order chi connectivity index (χ0) is 20.6. The average Bonchev–Trinajstić information content (AvgIpc) is 3.38. The highest BCUT2D eigenvalue weighted by atomic mass is 127. The summed E-state index contributed by atoms with van der Waals surface area (Å²) in [6.07, 6.45) is 2.48. The van der Waals surface area contributed by atoms with Crippen LogP contribution in [0.5, 0.6) is 0 Å². The van der Waals surface area contributed by atoms with Gasteiger partial charge in [-0.05, 0) is 12.5 Å². The standard InChI is InChI=1S/C21H29N7O.HI/c1-5-22-21(23-12-11-19-26-20(15(2)3)27-29-19)28(4)14-18-24-13-17(25-18)16-9-7-6-8-10-16;/h6-10,13,15H,5,11-12,14H2,1-4H3,(H,22,23)(H,24,25);1H. The number of H-pyrrole nitrogens is 1. The summed E-state index contributed by atoms with van der Waals surface area (Å²) in [4.78, 5) is 19.0. The van der Waals surface area contributed by atoms with Crippen molar-refractivity contribution in [3.8, 4) is 11.3 Å². The van der Waals surface area contributed by atoms with Gasteiger partial charge in [0.2, 0.25) is 5.89 Å². The Labute approximate surface area is 194 Å². The van der Waals surface area contributed by atoms with Crippen molar-refractivity contribution >= 4 is 29.9 Å². The number of aromatic amines is 1. The largest absolute Gasteiger partial charge is 0.357 e. The number of nitrogens with zero attached hydrogens (tertiary/aromatic N) is 5. The topological polar surface area (TPSA) is 95.2 Å². The molecule has 1 aromatic carbocycles. The molecule has 0 spiro atoms. The Morgan fingerprint density at radius 1 is 1.27 bits per heavy atom. The molecule has 0 radical (unpaired) electrons. The maximum atomic E-state index is 5.29. The van der Waals surface area contributed by atoms with Crippen LogP contribution in [0.2, 0.25) is 0 Å². The number of benzene rings is 1. The highest BCUT2D eigenvalue weighted by Gasteiger charge is 2.12. The summed E-state index contributed by atoms with van der Waals surface area (Å²) < 4.78 is 5.29. The summed E-state index contributed by atoms with van der Waals surface area (Å²) in [6.45, 7) is 8.12. The number of imidazole rings is 1. The van der Waals surface area contributed by atoms with Crippen LogP contribution in [-0.2, 0) is 13.0 Å². The van der Waals surface area contributed by atoms with Crippen LogP contribution in [-0.4, -0.2) is 51.1 Å². The molecule has 2 N–H and O–H groups in total. The third kappa shape index (κ3) is 6.54. The van der Waals surface area contributed by atoms with Crippen LogP contribution in [0.15, 0.2) is 46.0 Å². The van der Waals surface area contributed by atoms with E-state index in [0.29, 0.717) is 25.4 Å². The Bertz CT molecular complexity index is 920. The van der Waals surface area contributed by atoms with Gasteiger partial charge in [-0.2, -0.15) is 4.98 Å². The van der Waals surface area contributed by atoms with E-state index in [1.54, 1.807) is 0 Å². The highest BCUT2D eigenvalue weighted by molar-refractivity contribution is 14.0. The minimum atomic E-state index is 0. The van der Waals surface area contributed by atoms with Crippen molar-refractivity contribution in [2.45, 2.75) is 39.7 Å². The third-order valence-corrected chi connectivity index (χ3v) is 4.38. The number of rotatable bonds is 8. The van der Waals surface area contributed by atoms with Crippen LogP contribution >= 0.6 is 24.0 Å². The van der Waals surface area contributed by atoms with E-state index in [1.807, 2.05) is 50.2 Å². The fraction of sp³-hybridized carbons (Fsp3) is 0.429. The second kappa shape index (κ2) is 11.7. The molecule has 3 aromatic rings. The lowest BCUT2D eigenvalue weighted by molar-refractivity contribution is 0.372. The molecule has 0 atom stereocenters. The monoisotopic (exact) mass is 523 g/mol. The maximum Gasteiger partial charge on any atom is 0.228 e. The van der Waals surface area contributed by atoms with Gasteiger partial charge in [0.05, 0.1) is 25.0 Å². The Balaban J connectivity index is 0.00000320. The maximum absolute atomic E-state index is 5.29. The first-order chi connectivity index (χ1) is 14.1. The van der Waals surface area contributed by atoms with E-state index >= 15 is 0 Å². The van der Waals surface area contributed by atoms with Gasteiger partial charge >= 0.3 is 0 Å². The first-order valence-corrected chi connectivity index (χ1v) is 9.98. The number of halogens is 1. The van der Waals surface area contributed by atoms with Crippen LogP contribution in [0, 0.1) is 0 Å². The zero-order valence-electron chi connectivity index (χ0n) is 17.9. The van der Waals surface area contributed by atoms with Crippen molar-refractivity contribution in [3.63, 3.8) is 0 Å². The van der Waals surface area contributed by atoms with Gasteiger partial charge < -0.3 is 19.7 Å². The first kappa shape index (κ1) is 23.8. The molecular formula is C21H30IN7O. The van der Waals surface area contributed by atoms with Crippen LogP contribution in [0.3, 0.4) is 0 Å². The number of hydrogen-bond donors (Lipinski definition) is 2. The molecule has 0 aliphatic carbocycles. The van der Waals surface area contributed by atoms with E-state index in [-0.39, 0.29) is 29.9 Å². The van der Waals surface area contributed by atoms with Gasteiger partial charge in [0.25, 0.3) is 0 Å². The van der Waals surface area contributed by atoms with Crippen molar-refractivity contribution in [1.29, 1.82) is 0 Å².